The number of ether oxygens (including phenoxy) is 2. The minimum absolute atomic E-state index is 0.117. The molecule has 2 amide bonds. The molecule has 122 valence electrons. The van der Waals surface area contributed by atoms with Gasteiger partial charge in [-0.1, -0.05) is 6.07 Å². The van der Waals surface area contributed by atoms with Gasteiger partial charge in [-0.3, -0.25) is 10.1 Å². The van der Waals surface area contributed by atoms with Crippen LogP contribution in [0.5, 0.6) is 0 Å². The maximum Gasteiger partial charge on any atom is 0.413 e. The van der Waals surface area contributed by atoms with Crippen LogP contribution in [0.3, 0.4) is 0 Å². The maximum atomic E-state index is 13.8. The van der Waals surface area contributed by atoms with Crippen LogP contribution in [0.1, 0.15) is 22.2 Å². The number of halogens is 1. The second-order valence-corrected chi connectivity index (χ2v) is 5.57. The van der Waals surface area contributed by atoms with E-state index in [4.69, 9.17) is 4.74 Å². The van der Waals surface area contributed by atoms with Crippen LogP contribution in [0.15, 0.2) is 18.2 Å². The molecule has 0 aliphatic heterocycles. The molecule has 1 aromatic heterocycles. The van der Waals surface area contributed by atoms with E-state index in [1.165, 1.54) is 6.07 Å². The van der Waals surface area contributed by atoms with E-state index in [0.29, 0.717) is 15.6 Å². The molecule has 0 spiro atoms. The third kappa shape index (κ3) is 3.84. The molecular formula is C15H14FNO5S. The minimum Gasteiger partial charge on any atom is -0.451 e. The first kappa shape index (κ1) is 16.9. The van der Waals surface area contributed by atoms with Crippen molar-refractivity contribution < 1.29 is 28.2 Å². The first-order chi connectivity index (χ1) is 10.9. The number of imide groups is 1. The monoisotopic (exact) mass is 339 g/mol. The Hall–Kier alpha value is -2.48. The number of carbonyl (C=O) groups excluding carboxylic acids is 3. The van der Waals surface area contributed by atoms with Crippen LogP contribution in [0.2, 0.25) is 0 Å². The van der Waals surface area contributed by atoms with E-state index < -0.39 is 30.4 Å². The van der Waals surface area contributed by atoms with Crippen LogP contribution in [0.4, 0.5) is 9.18 Å². The van der Waals surface area contributed by atoms with Crippen molar-refractivity contribution in [3.63, 3.8) is 0 Å². The number of fused-ring (bicyclic) bond motifs is 1. The van der Waals surface area contributed by atoms with E-state index in [9.17, 15) is 18.8 Å². The molecule has 0 unspecified atom stereocenters. The van der Waals surface area contributed by atoms with E-state index in [-0.39, 0.29) is 11.5 Å². The summed E-state index contributed by atoms with van der Waals surface area (Å²) in [4.78, 5) is 34.7. The van der Waals surface area contributed by atoms with Gasteiger partial charge in [0, 0.05) is 10.1 Å². The lowest BCUT2D eigenvalue weighted by Gasteiger charge is -2.05. The Kier molecular flexibility index (Phi) is 5.28. The van der Waals surface area contributed by atoms with Gasteiger partial charge in [-0.2, -0.15) is 0 Å². The van der Waals surface area contributed by atoms with Gasteiger partial charge in [0.2, 0.25) is 0 Å². The third-order valence-electron chi connectivity index (χ3n) is 2.94. The molecule has 6 nitrogen and oxygen atoms in total. The molecule has 0 saturated heterocycles. The van der Waals surface area contributed by atoms with Crippen molar-refractivity contribution in [3.8, 4) is 0 Å². The molecule has 1 aromatic carbocycles. The molecule has 0 saturated carbocycles. The molecule has 0 radical (unpaired) electrons. The van der Waals surface area contributed by atoms with Crippen molar-refractivity contribution >= 4 is 39.4 Å². The Morgan fingerprint density at radius 1 is 1.26 bits per heavy atom. The van der Waals surface area contributed by atoms with Gasteiger partial charge in [0.05, 0.1) is 6.61 Å². The van der Waals surface area contributed by atoms with Gasteiger partial charge in [-0.25, -0.2) is 14.0 Å². The third-order valence-corrected chi connectivity index (χ3v) is 4.18. The fourth-order valence-electron chi connectivity index (χ4n) is 1.96. The van der Waals surface area contributed by atoms with E-state index in [1.54, 1.807) is 26.0 Å². The van der Waals surface area contributed by atoms with Crippen molar-refractivity contribution in [2.75, 3.05) is 13.2 Å². The molecule has 1 heterocycles. The summed E-state index contributed by atoms with van der Waals surface area (Å²) in [6, 6.07) is 4.56. The van der Waals surface area contributed by atoms with Crippen molar-refractivity contribution in [3.05, 3.63) is 34.5 Å². The van der Waals surface area contributed by atoms with Gasteiger partial charge in [0.15, 0.2) is 6.61 Å². The summed E-state index contributed by atoms with van der Waals surface area (Å²) in [6.07, 6.45) is -0.909. The zero-order valence-electron chi connectivity index (χ0n) is 12.5. The molecular weight excluding hydrogens is 325 g/mol. The van der Waals surface area contributed by atoms with Gasteiger partial charge in [-0.15, -0.1) is 11.3 Å². The highest BCUT2D eigenvalue weighted by Crippen LogP contribution is 2.32. The first-order valence-corrected chi connectivity index (χ1v) is 7.57. The van der Waals surface area contributed by atoms with Crippen LogP contribution in [0.25, 0.3) is 10.1 Å². The zero-order valence-corrected chi connectivity index (χ0v) is 13.3. The van der Waals surface area contributed by atoms with Gasteiger partial charge in [0.25, 0.3) is 5.91 Å². The minimum atomic E-state index is -0.909. The van der Waals surface area contributed by atoms with Gasteiger partial charge in [-0.05, 0) is 31.5 Å². The SMILES string of the molecule is CCOC(=O)NC(=O)COC(=O)c1sc2cccc(F)c2c1C. The molecule has 0 bridgehead atoms. The predicted molar refractivity (Wildman–Crippen MR) is 82.0 cm³/mol. The molecule has 2 rings (SSSR count). The quantitative estimate of drug-likeness (QED) is 0.866. The van der Waals surface area contributed by atoms with Gasteiger partial charge >= 0.3 is 12.1 Å². The molecule has 8 heteroatoms. The highest BCUT2D eigenvalue weighted by atomic mass is 32.1. The maximum absolute atomic E-state index is 13.8. The number of hydrogen-bond donors (Lipinski definition) is 1. The Morgan fingerprint density at radius 2 is 2.00 bits per heavy atom. The number of alkyl carbamates (subject to hydrolysis) is 1. The molecule has 0 atom stereocenters. The number of aryl methyl sites for hydroxylation is 1. The summed E-state index contributed by atoms with van der Waals surface area (Å²) in [6.45, 7) is 2.68. The average Bonchev–Trinajstić information content (AvgIpc) is 2.83. The number of amides is 2. The van der Waals surface area contributed by atoms with Gasteiger partial charge < -0.3 is 9.47 Å². The standard InChI is InChI=1S/C15H14FNO5S/c1-3-21-15(20)17-11(18)7-22-14(19)13-8(2)12-9(16)5-4-6-10(12)23-13/h4-6H,3,7H2,1-2H3,(H,17,18,20). The number of esters is 1. The largest absolute Gasteiger partial charge is 0.451 e. The van der Waals surface area contributed by atoms with Crippen LogP contribution in [-0.4, -0.2) is 31.2 Å². The second kappa shape index (κ2) is 7.19. The fraction of sp³-hybridized carbons (Fsp3) is 0.267. The summed E-state index contributed by atoms with van der Waals surface area (Å²) >= 11 is 1.08. The number of thiophene rings is 1. The molecule has 0 aliphatic rings. The van der Waals surface area contributed by atoms with E-state index in [2.05, 4.69) is 4.74 Å². The molecule has 23 heavy (non-hydrogen) atoms. The number of rotatable bonds is 4. The number of carbonyl (C=O) groups is 3. The van der Waals surface area contributed by atoms with E-state index in [1.807, 2.05) is 5.32 Å². The second-order valence-electron chi connectivity index (χ2n) is 4.51. The van der Waals surface area contributed by atoms with Crippen LogP contribution in [-0.2, 0) is 14.3 Å². The smallest absolute Gasteiger partial charge is 0.413 e. The van der Waals surface area contributed by atoms with Crippen molar-refractivity contribution in [2.24, 2.45) is 0 Å². The van der Waals surface area contributed by atoms with E-state index in [0.717, 1.165) is 11.3 Å². The van der Waals surface area contributed by atoms with Crippen LogP contribution < -0.4 is 5.32 Å². The molecule has 0 fully saturated rings. The lowest BCUT2D eigenvalue weighted by molar-refractivity contribution is -0.123. The lowest BCUT2D eigenvalue weighted by Crippen LogP contribution is -2.34. The fourth-order valence-corrected chi connectivity index (χ4v) is 3.08. The molecule has 1 N–H and O–H groups in total. The predicted octanol–water partition coefficient (Wildman–Crippen LogP) is 2.78. The van der Waals surface area contributed by atoms with Crippen molar-refractivity contribution in [1.82, 2.24) is 5.32 Å². The highest BCUT2D eigenvalue weighted by molar-refractivity contribution is 7.21. The van der Waals surface area contributed by atoms with Crippen molar-refractivity contribution in [2.45, 2.75) is 13.8 Å². The molecule has 2 aromatic rings. The lowest BCUT2D eigenvalue weighted by atomic mass is 10.1. The molecule has 0 aliphatic carbocycles. The number of hydrogen-bond acceptors (Lipinski definition) is 6. The van der Waals surface area contributed by atoms with Crippen LogP contribution in [0, 0.1) is 12.7 Å². The summed E-state index contributed by atoms with van der Waals surface area (Å²) < 4.78 is 23.8. The Morgan fingerprint density at radius 3 is 2.65 bits per heavy atom. The van der Waals surface area contributed by atoms with Gasteiger partial charge in [0.1, 0.15) is 10.7 Å². The van der Waals surface area contributed by atoms with Crippen LogP contribution >= 0.6 is 11.3 Å². The normalized spacial score (nSPS) is 10.4. The van der Waals surface area contributed by atoms with Crippen molar-refractivity contribution in [1.29, 1.82) is 0 Å². The number of nitrogens with one attached hydrogen (secondary N) is 1. The van der Waals surface area contributed by atoms with E-state index >= 15 is 0 Å². The Balaban J connectivity index is 2.04. The zero-order chi connectivity index (χ0) is 17.0. The number of benzene rings is 1. The topological polar surface area (TPSA) is 81.7 Å². The average molecular weight is 339 g/mol. The summed E-state index contributed by atoms with van der Waals surface area (Å²) in [5, 5.41) is 2.27. The highest BCUT2D eigenvalue weighted by Gasteiger charge is 2.20. The Labute approximate surface area is 135 Å². The summed E-state index contributed by atoms with van der Waals surface area (Å²) in [5.41, 5.74) is 0.457. The Bertz CT molecular complexity index is 771. The summed E-state index contributed by atoms with van der Waals surface area (Å²) in [5.74, 6) is -1.97. The summed E-state index contributed by atoms with van der Waals surface area (Å²) in [7, 11) is 0. The first-order valence-electron chi connectivity index (χ1n) is 6.75.